The van der Waals surface area contributed by atoms with E-state index in [4.69, 9.17) is 5.73 Å². The minimum atomic E-state index is -0.383. The van der Waals surface area contributed by atoms with Crippen LogP contribution in [0.4, 0.5) is 0 Å². The van der Waals surface area contributed by atoms with Crippen molar-refractivity contribution in [1.29, 1.82) is 0 Å². The number of nitrogens with two attached hydrogens (primary N) is 1. The molecule has 3 unspecified atom stereocenters. The molecule has 0 spiro atoms. The Labute approximate surface area is 209 Å². The number of aryl methyl sites for hydroxylation is 1. The Morgan fingerprint density at radius 3 is 2.74 bits per heavy atom. The normalized spacial score (nSPS) is 34.3. The van der Waals surface area contributed by atoms with Crippen molar-refractivity contribution in [3.05, 3.63) is 70.3 Å². The van der Waals surface area contributed by atoms with Gasteiger partial charge in [-0.05, 0) is 128 Å². The van der Waals surface area contributed by atoms with Crippen molar-refractivity contribution in [2.75, 3.05) is 13.1 Å². The van der Waals surface area contributed by atoms with Crippen LogP contribution in [0.15, 0.2) is 42.5 Å². The highest BCUT2D eigenvalue weighted by Gasteiger charge is 2.57. The number of primary amides is 1. The molecule has 1 amide bonds. The average Bonchev–Trinajstić information content (AvgIpc) is 3.45. The molecule has 4 heteroatoms. The van der Waals surface area contributed by atoms with Gasteiger partial charge < -0.3 is 10.8 Å². The summed E-state index contributed by atoms with van der Waals surface area (Å²) in [5, 5.41) is 11.5. The molecular weight excluding hydrogens is 432 g/mol. The van der Waals surface area contributed by atoms with Crippen LogP contribution in [0, 0.1) is 23.2 Å². The molecule has 4 nitrogen and oxygen atoms in total. The smallest absolute Gasteiger partial charge is 0.248 e. The number of benzene rings is 2. The first kappa shape index (κ1) is 23.2. The highest BCUT2D eigenvalue weighted by molar-refractivity contribution is 5.92. The SMILES string of the molecule is C[C@]12CCC3c4ccc(CN5CCCC5)cc4CCC3C1C[C@H](Cc1cccc(C(N)=O)c1)[C@@H]2O. The predicted octanol–water partition coefficient (Wildman–Crippen LogP) is 5.07. The van der Waals surface area contributed by atoms with Crippen molar-refractivity contribution in [2.45, 2.75) is 76.9 Å². The lowest BCUT2D eigenvalue weighted by Crippen LogP contribution is -2.44. The Hall–Kier alpha value is -2.17. The number of fused-ring (bicyclic) bond motifs is 5. The van der Waals surface area contributed by atoms with Crippen LogP contribution in [0.5, 0.6) is 0 Å². The third-order valence-electron chi connectivity index (χ3n) is 10.2. The molecule has 0 radical (unpaired) electrons. The summed E-state index contributed by atoms with van der Waals surface area (Å²) in [6.07, 6.45) is 9.04. The molecule has 6 atom stereocenters. The van der Waals surface area contributed by atoms with E-state index >= 15 is 0 Å². The second-order valence-corrected chi connectivity index (χ2v) is 12.2. The minimum absolute atomic E-state index is 0.000325. The van der Waals surface area contributed by atoms with E-state index < -0.39 is 0 Å². The number of nitrogens with zero attached hydrogens (tertiary/aromatic N) is 1. The van der Waals surface area contributed by atoms with Crippen molar-refractivity contribution >= 4 is 5.91 Å². The maximum atomic E-state index is 11.6. The van der Waals surface area contributed by atoms with E-state index in [1.807, 2.05) is 12.1 Å². The molecule has 2 aromatic carbocycles. The van der Waals surface area contributed by atoms with Crippen molar-refractivity contribution in [1.82, 2.24) is 4.90 Å². The van der Waals surface area contributed by atoms with Gasteiger partial charge in [0.2, 0.25) is 5.91 Å². The number of hydrogen-bond donors (Lipinski definition) is 2. The third-order valence-corrected chi connectivity index (χ3v) is 10.2. The molecule has 2 aromatic rings. The largest absolute Gasteiger partial charge is 0.392 e. The van der Waals surface area contributed by atoms with E-state index in [-0.39, 0.29) is 23.3 Å². The van der Waals surface area contributed by atoms with Crippen molar-refractivity contribution < 1.29 is 9.90 Å². The molecule has 35 heavy (non-hydrogen) atoms. The van der Waals surface area contributed by atoms with Crippen LogP contribution in [0.3, 0.4) is 0 Å². The van der Waals surface area contributed by atoms with E-state index in [1.54, 1.807) is 17.2 Å². The summed E-state index contributed by atoms with van der Waals surface area (Å²) < 4.78 is 0. The summed E-state index contributed by atoms with van der Waals surface area (Å²) in [6, 6.07) is 15.0. The van der Waals surface area contributed by atoms with E-state index in [9.17, 15) is 9.90 Å². The Balaban J connectivity index is 1.20. The molecule has 3 fully saturated rings. The van der Waals surface area contributed by atoms with Gasteiger partial charge in [0.15, 0.2) is 0 Å². The van der Waals surface area contributed by atoms with Gasteiger partial charge in [0.05, 0.1) is 6.10 Å². The van der Waals surface area contributed by atoms with E-state index in [1.165, 1.54) is 50.8 Å². The van der Waals surface area contributed by atoms with Crippen LogP contribution in [0.2, 0.25) is 0 Å². The van der Waals surface area contributed by atoms with Crippen LogP contribution in [0.1, 0.15) is 84.0 Å². The van der Waals surface area contributed by atoms with Gasteiger partial charge in [-0.15, -0.1) is 0 Å². The Bertz CT molecular complexity index is 1110. The summed E-state index contributed by atoms with van der Waals surface area (Å²) in [6.45, 7) is 5.96. The first-order valence-electron chi connectivity index (χ1n) is 13.8. The molecule has 2 saturated carbocycles. The number of likely N-dealkylation sites (tertiary alicyclic amines) is 1. The van der Waals surface area contributed by atoms with Crippen LogP contribution in [-0.4, -0.2) is 35.1 Å². The van der Waals surface area contributed by atoms with Crippen LogP contribution in [0.25, 0.3) is 0 Å². The van der Waals surface area contributed by atoms with Crippen molar-refractivity contribution in [2.24, 2.45) is 28.9 Å². The quantitative estimate of drug-likeness (QED) is 0.639. The standard InChI is InChI=1S/C31H40N2O2/c1-31-12-11-26-25-9-7-21(19-33-13-2-3-14-33)17-22(25)8-10-27(26)28(31)18-24(29(31)34)16-20-5-4-6-23(15-20)30(32)35/h4-7,9,15,17,24,26-29,34H,2-3,8,10-14,16,18-19H2,1H3,(H2,32,35)/t24-,26?,27?,28?,29-,31-/m0/s1. The molecule has 1 saturated heterocycles. The third kappa shape index (κ3) is 4.13. The molecule has 186 valence electrons. The molecule has 0 bridgehead atoms. The molecular formula is C31H40N2O2. The summed E-state index contributed by atoms with van der Waals surface area (Å²) in [5.74, 6) is 1.74. The molecule has 1 heterocycles. The lowest BCUT2D eigenvalue weighted by Gasteiger charge is -2.50. The summed E-state index contributed by atoms with van der Waals surface area (Å²) >= 11 is 0. The molecule has 6 rings (SSSR count). The fraction of sp³-hybridized carbons (Fsp3) is 0.581. The zero-order valence-electron chi connectivity index (χ0n) is 21.1. The van der Waals surface area contributed by atoms with E-state index in [0.717, 1.165) is 31.4 Å². The van der Waals surface area contributed by atoms with Crippen LogP contribution < -0.4 is 5.73 Å². The molecule has 0 aromatic heterocycles. The summed E-state index contributed by atoms with van der Waals surface area (Å²) in [4.78, 5) is 14.2. The maximum absolute atomic E-state index is 11.6. The highest BCUT2D eigenvalue weighted by Crippen LogP contribution is 2.62. The number of carbonyl (C=O) groups is 1. The van der Waals surface area contributed by atoms with Gasteiger partial charge >= 0.3 is 0 Å². The van der Waals surface area contributed by atoms with E-state index in [2.05, 4.69) is 36.1 Å². The van der Waals surface area contributed by atoms with Gasteiger partial charge in [0, 0.05) is 12.1 Å². The second kappa shape index (κ2) is 9.05. The number of carbonyl (C=O) groups excluding carboxylic acids is 1. The van der Waals surface area contributed by atoms with Gasteiger partial charge in [0.25, 0.3) is 0 Å². The Morgan fingerprint density at radius 1 is 1.11 bits per heavy atom. The zero-order valence-corrected chi connectivity index (χ0v) is 21.1. The lowest BCUT2D eigenvalue weighted by molar-refractivity contribution is -0.0325. The first-order chi connectivity index (χ1) is 16.9. The lowest BCUT2D eigenvalue weighted by atomic mass is 9.55. The van der Waals surface area contributed by atoms with Gasteiger partial charge in [-0.1, -0.05) is 37.3 Å². The fourth-order valence-corrected chi connectivity index (χ4v) is 8.43. The predicted molar refractivity (Wildman–Crippen MR) is 139 cm³/mol. The van der Waals surface area contributed by atoms with Gasteiger partial charge in [-0.2, -0.15) is 0 Å². The number of aliphatic hydroxyl groups is 1. The zero-order chi connectivity index (χ0) is 24.2. The Kier molecular flexibility index (Phi) is 6.01. The van der Waals surface area contributed by atoms with Gasteiger partial charge in [0.1, 0.15) is 0 Å². The summed E-state index contributed by atoms with van der Waals surface area (Å²) in [5.41, 5.74) is 11.9. The number of aliphatic hydroxyl groups excluding tert-OH is 1. The highest BCUT2D eigenvalue weighted by atomic mass is 16.3. The van der Waals surface area contributed by atoms with Crippen molar-refractivity contribution in [3.63, 3.8) is 0 Å². The van der Waals surface area contributed by atoms with Crippen molar-refractivity contribution in [3.8, 4) is 0 Å². The number of hydrogen-bond acceptors (Lipinski definition) is 3. The second-order valence-electron chi connectivity index (χ2n) is 12.2. The molecule has 4 aliphatic rings. The van der Waals surface area contributed by atoms with Crippen LogP contribution in [-0.2, 0) is 19.4 Å². The Morgan fingerprint density at radius 2 is 1.94 bits per heavy atom. The summed E-state index contributed by atoms with van der Waals surface area (Å²) in [7, 11) is 0. The molecule has 3 aliphatic carbocycles. The monoisotopic (exact) mass is 472 g/mol. The first-order valence-corrected chi connectivity index (χ1v) is 13.8. The fourth-order valence-electron chi connectivity index (χ4n) is 8.43. The van der Waals surface area contributed by atoms with E-state index in [0.29, 0.717) is 23.3 Å². The maximum Gasteiger partial charge on any atom is 0.248 e. The number of amides is 1. The van der Waals surface area contributed by atoms with Crippen LogP contribution >= 0.6 is 0 Å². The molecule has 3 N–H and O–H groups in total. The van der Waals surface area contributed by atoms with Gasteiger partial charge in [-0.3, -0.25) is 9.69 Å². The molecule has 1 aliphatic heterocycles. The number of rotatable bonds is 5. The minimum Gasteiger partial charge on any atom is -0.392 e. The van der Waals surface area contributed by atoms with Gasteiger partial charge in [-0.25, -0.2) is 0 Å². The average molecular weight is 473 g/mol. The topological polar surface area (TPSA) is 66.6 Å².